The molecule has 4 rings (SSSR count). The number of Topliss-reactive ketones (excluding diaryl/α,β-unsaturated/α-hetero) is 1. The zero-order chi connectivity index (χ0) is 25.5. The van der Waals surface area contributed by atoms with Crippen molar-refractivity contribution in [2.45, 2.75) is 32.0 Å². The fourth-order valence-electron chi connectivity index (χ4n) is 4.51. The van der Waals surface area contributed by atoms with Crippen LogP contribution in [0.25, 0.3) is 0 Å². The molecule has 0 aliphatic carbocycles. The first-order valence-electron chi connectivity index (χ1n) is 10.8. The number of ketones is 1. The monoisotopic (exact) mass is 481 g/mol. The number of esters is 1. The van der Waals surface area contributed by atoms with Gasteiger partial charge in [0, 0.05) is 24.7 Å². The number of fused-ring (bicyclic) bond motifs is 4. The summed E-state index contributed by atoms with van der Waals surface area (Å²) in [6.07, 6.45) is -0.453. The number of nitrogens with zero attached hydrogens (tertiary/aromatic N) is 3. The van der Waals surface area contributed by atoms with Gasteiger partial charge in [-0.2, -0.15) is 0 Å². The number of carbonyl (C=O) groups excluding carboxylic acids is 4. The Morgan fingerprint density at radius 3 is 2.43 bits per heavy atom. The van der Waals surface area contributed by atoms with Gasteiger partial charge in [-0.15, -0.1) is 0 Å². The lowest BCUT2D eigenvalue weighted by Crippen LogP contribution is -2.71. The maximum atomic E-state index is 13.2. The maximum Gasteiger partial charge on any atom is 0.338 e. The molecule has 1 fully saturated rings. The van der Waals surface area contributed by atoms with E-state index in [-0.39, 0.29) is 23.6 Å². The Labute approximate surface area is 200 Å². The zero-order valence-corrected chi connectivity index (χ0v) is 19.3. The summed E-state index contributed by atoms with van der Waals surface area (Å²) in [5.74, 6) is -2.00. The number of nitro groups is 1. The van der Waals surface area contributed by atoms with E-state index in [1.165, 1.54) is 43.1 Å². The van der Waals surface area contributed by atoms with Gasteiger partial charge in [0.1, 0.15) is 18.1 Å². The van der Waals surface area contributed by atoms with Crippen LogP contribution in [0.15, 0.2) is 48.5 Å². The highest BCUT2D eigenvalue weighted by molar-refractivity contribution is 6.04. The molecule has 182 valence electrons. The number of urea groups is 1. The summed E-state index contributed by atoms with van der Waals surface area (Å²) < 4.78 is 11.8. The third-order valence-electron chi connectivity index (χ3n) is 6.44. The first-order chi connectivity index (χ1) is 16.5. The minimum absolute atomic E-state index is 0.108. The average Bonchev–Trinajstić information content (AvgIpc) is 2.81. The van der Waals surface area contributed by atoms with Crippen LogP contribution in [0.2, 0.25) is 0 Å². The highest BCUT2D eigenvalue weighted by atomic mass is 16.6. The number of benzene rings is 2. The van der Waals surface area contributed by atoms with Crippen molar-refractivity contribution in [2.75, 3.05) is 13.7 Å². The summed E-state index contributed by atoms with van der Waals surface area (Å²) in [5.41, 5.74) is -0.767. The number of para-hydroxylation sites is 1. The van der Waals surface area contributed by atoms with Crippen LogP contribution in [-0.2, 0) is 14.3 Å². The predicted molar refractivity (Wildman–Crippen MR) is 120 cm³/mol. The molecule has 0 aromatic heterocycles. The third-order valence-corrected chi connectivity index (χ3v) is 6.44. The van der Waals surface area contributed by atoms with E-state index in [0.29, 0.717) is 11.3 Å². The van der Waals surface area contributed by atoms with Crippen molar-refractivity contribution in [3.8, 4) is 5.75 Å². The molecule has 0 unspecified atom stereocenters. The average molecular weight is 481 g/mol. The maximum absolute atomic E-state index is 13.2. The van der Waals surface area contributed by atoms with Crippen LogP contribution in [-0.4, -0.2) is 57.8 Å². The summed E-state index contributed by atoms with van der Waals surface area (Å²) >= 11 is 0. The summed E-state index contributed by atoms with van der Waals surface area (Å²) in [4.78, 5) is 63.2. The number of amides is 3. The van der Waals surface area contributed by atoms with Crippen LogP contribution in [0.4, 0.5) is 10.5 Å². The highest BCUT2D eigenvalue weighted by Crippen LogP contribution is 2.51. The van der Waals surface area contributed by atoms with Gasteiger partial charge in [0.25, 0.3) is 5.69 Å². The molecule has 1 saturated heterocycles. The van der Waals surface area contributed by atoms with Crippen LogP contribution < -0.4 is 4.74 Å². The molecule has 0 N–H and O–H groups in total. The van der Waals surface area contributed by atoms with Gasteiger partial charge in [0.2, 0.25) is 5.91 Å². The van der Waals surface area contributed by atoms with E-state index in [0.717, 1.165) is 4.90 Å². The summed E-state index contributed by atoms with van der Waals surface area (Å²) in [6, 6.07) is 10.4. The molecule has 3 atom stereocenters. The minimum atomic E-state index is -1.27. The normalized spacial score (nSPS) is 22.7. The van der Waals surface area contributed by atoms with Crippen LogP contribution in [0.3, 0.4) is 0 Å². The second-order valence-corrected chi connectivity index (χ2v) is 8.63. The van der Waals surface area contributed by atoms with Gasteiger partial charge in [-0.05, 0) is 32.0 Å². The molecule has 35 heavy (non-hydrogen) atoms. The van der Waals surface area contributed by atoms with E-state index >= 15 is 0 Å². The molecule has 11 nitrogen and oxygen atoms in total. The summed E-state index contributed by atoms with van der Waals surface area (Å²) in [6.45, 7) is 2.71. The molecule has 0 saturated carbocycles. The van der Waals surface area contributed by atoms with Crippen LogP contribution in [0, 0.1) is 16.0 Å². The van der Waals surface area contributed by atoms with Crippen molar-refractivity contribution in [1.29, 1.82) is 0 Å². The van der Waals surface area contributed by atoms with Crippen molar-refractivity contribution in [3.63, 3.8) is 0 Å². The Bertz CT molecular complexity index is 1230. The second kappa shape index (κ2) is 8.82. The number of ether oxygens (including phenoxy) is 2. The van der Waals surface area contributed by atoms with Gasteiger partial charge < -0.3 is 9.47 Å². The lowest BCUT2D eigenvalue weighted by atomic mass is 9.78. The van der Waals surface area contributed by atoms with E-state index in [2.05, 4.69) is 0 Å². The number of nitro benzene ring substituents is 1. The van der Waals surface area contributed by atoms with Crippen molar-refractivity contribution in [2.24, 2.45) is 5.92 Å². The number of carbonyl (C=O) groups is 4. The van der Waals surface area contributed by atoms with E-state index in [4.69, 9.17) is 9.47 Å². The number of hydrogen-bond donors (Lipinski definition) is 0. The topological polar surface area (TPSA) is 136 Å². The minimum Gasteiger partial charge on any atom is -0.467 e. The number of hydrogen-bond acceptors (Lipinski definition) is 8. The van der Waals surface area contributed by atoms with Crippen molar-refractivity contribution in [1.82, 2.24) is 9.80 Å². The van der Waals surface area contributed by atoms with Crippen molar-refractivity contribution in [3.05, 3.63) is 69.8 Å². The number of non-ortho nitro benzene ring substituents is 1. The fourth-order valence-corrected chi connectivity index (χ4v) is 4.51. The second-order valence-electron chi connectivity index (χ2n) is 8.63. The Morgan fingerprint density at radius 2 is 1.80 bits per heavy atom. The standard InChI is InChI=1S/C24H23N3O8/c1-14(28)12-20(29)26-21-17-6-4-5-7-19(17)35-24(2,25(3)23(26)31)18(21)13-34-22(30)15-8-10-16(11-9-15)27(32)33/h4-11,18,21H,12-13H2,1-3H3/t18-,21-,24+/m1/s1. The number of rotatable bonds is 6. The Balaban J connectivity index is 1.68. The van der Waals surface area contributed by atoms with Crippen molar-refractivity contribution < 1.29 is 33.6 Å². The predicted octanol–water partition coefficient (Wildman–Crippen LogP) is 3.09. The quantitative estimate of drug-likeness (QED) is 0.266. The van der Waals surface area contributed by atoms with Crippen molar-refractivity contribution >= 4 is 29.4 Å². The van der Waals surface area contributed by atoms with Crippen LogP contribution in [0.5, 0.6) is 5.75 Å². The molecule has 0 radical (unpaired) electrons. The van der Waals surface area contributed by atoms with Gasteiger partial charge in [0.15, 0.2) is 5.72 Å². The van der Waals surface area contributed by atoms with Crippen LogP contribution >= 0.6 is 0 Å². The molecule has 2 aliphatic rings. The lowest BCUT2D eigenvalue weighted by Gasteiger charge is -2.57. The summed E-state index contributed by atoms with van der Waals surface area (Å²) in [5, 5.41) is 10.9. The molecule has 2 aliphatic heterocycles. The molecular formula is C24H23N3O8. The third kappa shape index (κ3) is 4.09. The van der Waals surface area contributed by atoms with E-state index < -0.39 is 46.9 Å². The molecule has 0 spiro atoms. The molecular weight excluding hydrogens is 458 g/mol. The SMILES string of the molecule is CC(=O)CC(=O)N1C(=O)N(C)[C@@]2(C)Oc3ccccc3[C@@H]1[C@H]2COC(=O)c1ccc([N+](=O)[O-])cc1. The zero-order valence-electron chi connectivity index (χ0n) is 19.3. The summed E-state index contributed by atoms with van der Waals surface area (Å²) in [7, 11) is 1.48. The van der Waals surface area contributed by atoms with Gasteiger partial charge in [-0.1, -0.05) is 18.2 Å². The number of imide groups is 1. The molecule has 2 heterocycles. The fraction of sp³-hybridized carbons (Fsp3) is 0.333. The van der Waals surface area contributed by atoms with E-state index in [1.54, 1.807) is 31.2 Å². The van der Waals surface area contributed by atoms with E-state index in [1.807, 2.05) is 0 Å². The Kier molecular flexibility index (Phi) is 6.01. The molecule has 2 aromatic carbocycles. The Morgan fingerprint density at radius 1 is 1.14 bits per heavy atom. The van der Waals surface area contributed by atoms with E-state index in [9.17, 15) is 29.3 Å². The Hall–Kier alpha value is -4.28. The molecule has 11 heteroatoms. The van der Waals surface area contributed by atoms with Gasteiger partial charge in [0.05, 0.1) is 28.9 Å². The largest absolute Gasteiger partial charge is 0.467 e. The van der Waals surface area contributed by atoms with Gasteiger partial charge in [-0.25, -0.2) is 9.59 Å². The smallest absolute Gasteiger partial charge is 0.338 e. The molecule has 2 bridgehead atoms. The first-order valence-corrected chi connectivity index (χ1v) is 10.8. The molecule has 2 aromatic rings. The van der Waals surface area contributed by atoms with Crippen LogP contribution in [0.1, 0.15) is 42.2 Å². The molecule has 3 amide bonds. The van der Waals surface area contributed by atoms with Gasteiger partial charge >= 0.3 is 12.0 Å². The van der Waals surface area contributed by atoms with Gasteiger partial charge in [-0.3, -0.25) is 29.5 Å². The highest BCUT2D eigenvalue weighted by Gasteiger charge is 2.60. The first kappa shape index (κ1) is 23.9. The lowest BCUT2D eigenvalue weighted by molar-refractivity contribution is -0.384.